The lowest BCUT2D eigenvalue weighted by molar-refractivity contribution is 0.405. The van der Waals surface area contributed by atoms with Gasteiger partial charge in [-0.1, -0.05) is 6.92 Å². The van der Waals surface area contributed by atoms with Crippen LogP contribution in [0.4, 0.5) is 0 Å². The lowest BCUT2D eigenvalue weighted by Gasteiger charge is -2.19. The average Bonchev–Trinajstić information content (AvgIpc) is 2.70. The van der Waals surface area contributed by atoms with Crippen molar-refractivity contribution in [2.45, 2.75) is 11.8 Å². The summed E-state index contributed by atoms with van der Waals surface area (Å²) in [6.45, 7) is 2.83. The molecule has 6 heteroatoms. The minimum absolute atomic E-state index is 0.156. The molecule has 86 valence electrons. The van der Waals surface area contributed by atoms with Crippen molar-refractivity contribution in [1.82, 2.24) is 9.29 Å². The number of nitrogens with zero attached hydrogens (tertiary/aromatic N) is 1. The molecule has 1 atom stereocenters. The van der Waals surface area contributed by atoms with Crippen LogP contribution < -0.4 is 5.73 Å². The predicted octanol–water partition coefficient (Wildman–Crippen LogP) is 0.230. The van der Waals surface area contributed by atoms with E-state index in [2.05, 4.69) is 4.98 Å². The molecule has 0 aliphatic heterocycles. The molecule has 15 heavy (non-hydrogen) atoms. The summed E-state index contributed by atoms with van der Waals surface area (Å²) in [6.07, 6.45) is 3.06. The lowest BCUT2D eigenvalue weighted by atomic mass is 10.2. The van der Waals surface area contributed by atoms with E-state index >= 15 is 0 Å². The van der Waals surface area contributed by atoms with Crippen molar-refractivity contribution >= 4 is 10.0 Å². The molecule has 1 aromatic heterocycles. The summed E-state index contributed by atoms with van der Waals surface area (Å²) >= 11 is 0. The van der Waals surface area contributed by atoms with Crippen LogP contribution in [0.25, 0.3) is 0 Å². The maximum atomic E-state index is 11.9. The van der Waals surface area contributed by atoms with Gasteiger partial charge in [0.25, 0.3) is 0 Å². The molecular weight excluding hydrogens is 214 g/mol. The van der Waals surface area contributed by atoms with Crippen LogP contribution in [0.3, 0.4) is 0 Å². The van der Waals surface area contributed by atoms with E-state index in [1.54, 1.807) is 19.3 Å². The Morgan fingerprint density at radius 3 is 2.73 bits per heavy atom. The van der Waals surface area contributed by atoms with E-state index in [4.69, 9.17) is 5.73 Å². The number of aromatic nitrogens is 1. The van der Waals surface area contributed by atoms with Crippen LogP contribution in [0.1, 0.15) is 6.92 Å². The van der Waals surface area contributed by atoms with Gasteiger partial charge in [-0.15, -0.1) is 0 Å². The number of rotatable bonds is 5. The summed E-state index contributed by atoms with van der Waals surface area (Å²) < 4.78 is 25.1. The van der Waals surface area contributed by atoms with E-state index in [0.29, 0.717) is 13.1 Å². The number of hydrogen-bond acceptors (Lipinski definition) is 3. The Bertz CT molecular complexity index is 385. The molecule has 0 fully saturated rings. The van der Waals surface area contributed by atoms with Crippen LogP contribution in [0.2, 0.25) is 0 Å². The topological polar surface area (TPSA) is 79.2 Å². The first-order valence-electron chi connectivity index (χ1n) is 4.77. The monoisotopic (exact) mass is 231 g/mol. The second-order valence-corrected chi connectivity index (χ2v) is 5.72. The van der Waals surface area contributed by atoms with Gasteiger partial charge in [0, 0.05) is 26.0 Å². The van der Waals surface area contributed by atoms with Gasteiger partial charge >= 0.3 is 0 Å². The molecule has 0 spiro atoms. The van der Waals surface area contributed by atoms with Gasteiger partial charge < -0.3 is 10.7 Å². The number of nitrogens with one attached hydrogen (secondary N) is 1. The molecule has 0 aliphatic rings. The Hall–Kier alpha value is -0.850. The molecule has 0 saturated heterocycles. The Balaban J connectivity index is 2.79. The van der Waals surface area contributed by atoms with Crippen molar-refractivity contribution in [1.29, 1.82) is 0 Å². The van der Waals surface area contributed by atoms with E-state index in [9.17, 15) is 8.42 Å². The van der Waals surface area contributed by atoms with Gasteiger partial charge in [0.05, 0.1) is 4.90 Å². The number of sulfonamides is 1. The Morgan fingerprint density at radius 2 is 2.27 bits per heavy atom. The third-order valence-corrected chi connectivity index (χ3v) is 4.07. The molecule has 0 bridgehead atoms. The second kappa shape index (κ2) is 4.78. The van der Waals surface area contributed by atoms with Crippen molar-refractivity contribution in [3.8, 4) is 0 Å². The fourth-order valence-electron chi connectivity index (χ4n) is 1.26. The molecular formula is C9H17N3O2S. The minimum atomic E-state index is -3.35. The number of nitrogens with two attached hydrogens (primary N) is 1. The van der Waals surface area contributed by atoms with E-state index < -0.39 is 10.0 Å². The van der Waals surface area contributed by atoms with Crippen molar-refractivity contribution in [3.05, 3.63) is 18.5 Å². The summed E-state index contributed by atoms with van der Waals surface area (Å²) in [7, 11) is -1.79. The summed E-state index contributed by atoms with van der Waals surface area (Å²) in [5.74, 6) is 0.156. The van der Waals surface area contributed by atoms with Crippen LogP contribution in [-0.2, 0) is 10.0 Å². The third-order valence-electron chi connectivity index (χ3n) is 2.25. The standard InChI is InChI=1S/C9H17N3O2S/c1-8(5-10)7-12(2)15(13,14)9-3-4-11-6-9/h3-4,6,8,11H,5,7,10H2,1-2H3. The highest BCUT2D eigenvalue weighted by atomic mass is 32.2. The molecule has 1 aromatic rings. The summed E-state index contributed by atoms with van der Waals surface area (Å²) in [6, 6.07) is 1.54. The summed E-state index contributed by atoms with van der Waals surface area (Å²) in [5, 5.41) is 0. The maximum absolute atomic E-state index is 11.9. The largest absolute Gasteiger partial charge is 0.366 e. The van der Waals surface area contributed by atoms with Crippen LogP contribution in [0, 0.1) is 5.92 Å². The van der Waals surface area contributed by atoms with Gasteiger partial charge in [0.1, 0.15) is 0 Å². The first-order valence-corrected chi connectivity index (χ1v) is 6.21. The van der Waals surface area contributed by atoms with Gasteiger partial charge in [-0.3, -0.25) is 0 Å². The van der Waals surface area contributed by atoms with E-state index in [1.807, 2.05) is 6.92 Å². The van der Waals surface area contributed by atoms with E-state index in [-0.39, 0.29) is 10.8 Å². The van der Waals surface area contributed by atoms with Crippen LogP contribution in [-0.4, -0.2) is 37.8 Å². The Labute approximate surface area is 90.3 Å². The van der Waals surface area contributed by atoms with Crippen molar-refractivity contribution in [2.75, 3.05) is 20.1 Å². The first-order chi connectivity index (χ1) is 6.98. The van der Waals surface area contributed by atoms with Crippen molar-refractivity contribution in [3.63, 3.8) is 0 Å². The van der Waals surface area contributed by atoms with Crippen molar-refractivity contribution < 1.29 is 8.42 Å². The van der Waals surface area contributed by atoms with E-state index in [1.165, 1.54) is 10.5 Å². The average molecular weight is 231 g/mol. The summed E-state index contributed by atoms with van der Waals surface area (Å²) in [4.78, 5) is 3.01. The van der Waals surface area contributed by atoms with Crippen LogP contribution in [0.15, 0.2) is 23.4 Å². The highest BCUT2D eigenvalue weighted by Gasteiger charge is 2.21. The van der Waals surface area contributed by atoms with Gasteiger partial charge in [0.2, 0.25) is 10.0 Å². The fraction of sp³-hybridized carbons (Fsp3) is 0.556. The lowest BCUT2D eigenvalue weighted by Crippen LogP contribution is -2.33. The maximum Gasteiger partial charge on any atom is 0.244 e. The third kappa shape index (κ3) is 2.80. The molecule has 0 saturated carbocycles. The molecule has 0 aliphatic carbocycles. The van der Waals surface area contributed by atoms with Crippen molar-refractivity contribution in [2.24, 2.45) is 11.7 Å². The molecule has 5 nitrogen and oxygen atoms in total. The molecule has 3 N–H and O–H groups in total. The molecule has 1 rings (SSSR count). The summed E-state index contributed by atoms with van der Waals surface area (Å²) in [5.41, 5.74) is 5.45. The molecule has 0 amide bonds. The zero-order valence-electron chi connectivity index (χ0n) is 8.97. The van der Waals surface area contributed by atoms with Crippen LogP contribution in [0.5, 0.6) is 0 Å². The minimum Gasteiger partial charge on any atom is -0.366 e. The smallest absolute Gasteiger partial charge is 0.244 e. The van der Waals surface area contributed by atoms with Gasteiger partial charge in [-0.2, -0.15) is 0 Å². The highest BCUT2D eigenvalue weighted by molar-refractivity contribution is 7.89. The van der Waals surface area contributed by atoms with Crippen LogP contribution >= 0.6 is 0 Å². The predicted molar refractivity (Wildman–Crippen MR) is 58.8 cm³/mol. The van der Waals surface area contributed by atoms with Gasteiger partial charge in [-0.05, 0) is 18.5 Å². The highest BCUT2D eigenvalue weighted by Crippen LogP contribution is 2.13. The van der Waals surface area contributed by atoms with Gasteiger partial charge in [-0.25, -0.2) is 12.7 Å². The fourth-order valence-corrected chi connectivity index (χ4v) is 2.53. The van der Waals surface area contributed by atoms with E-state index in [0.717, 1.165) is 0 Å². The molecule has 1 heterocycles. The molecule has 0 radical (unpaired) electrons. The Kier molecular flexibility index (Phi) is 3.90. The normalized spacial score (nSPS) is 14.4. The second-order valence-electron chi connectivity index (χ2n) is 3.67. The number of H-pyrrole nitrogens is 1. The molecule has 1 unspecified atom stereocenters. The zero-order valence-corrected chi connectivity index (χ0v) is 9.79. The SMILES string of the molecule is CC(CN)CN(C)S(=O)(=O)c1cc[nH]c1. The number of hydrogen-bond donors (Lipinski definition) is 2. The zero-order chi connectivity index (χ0) is 11.5. The quantitative estimate of drug-likeness (QED) is 0.761. The Morgan fingerprint density at radius 1 is 1.60 bits per heavy atom. The van der Waals surface area contributed by atoms with Gasteiger partial charge in [0.15, 0.2) is 0 Å². The molecule has 0 aromatic carbocycles. The first kappa shape index (κ1) is 12.2. The number of aromatic amines is 1.